The molecule has 0 bridgehead atoms. The maximum atomic E-state index is 9.29. The van der Waals surface area contributed by atoms with Crippen molar-refractivity contribution in [2.75, 3.05) is 0 Å². The Kier molecular flexibility index (Phi) is 3.63. The van der Waals surface area contributed by atoms with Crippen molar-refractivity contribution in [2.45, 2.75) is 27.4 Å². The summed E-state index contributed by atoms with van der Waals surface area (Å²) in [7, 11) is 0. The van der Waals surface area contributed by atoms with Gasteiger partial charge in [-0.2, -0.15) is 0 Å². The highest BCUT2D eigenvalue weighted by Crippen LogP contribution is 2.28. The van der Waals surface area contributed by atoms with Crippen molar-refractivity contribution in [3.63, 3.8) is 0 Å². The number of hydrogen-bond acceptors (Lipinski definition) is 3. The highest BCUT2D eigenvalue weighted by molar-refractivity contribution is 5.42. The summed E-state index contributed by atoms with van der Waals surface area (Å²) in [5.41, 5.74) is 3.78. The first-order chi connectivity index (χ1) is 8.60. The molecule has 18 heavy (non-hydrogen) atoms. The minimum Gasteiger partial charge on any atom is -0.457 e. The van der Waals surface area contributed by atoms with Crippen LogP contribution in [0.5, 0.6) is 11.5 Å². The van der Waals surface area contributed by atoms with Crippen LogP contribution < -0.4 is 4.74 Å². The minimum atomic E-state index is -0.0759. The zero-order valence-corrected chi connectivity index (χ0v) is 10.9. The molecule has 0 spiro atoms. The van der Waals surface area contributed by atoms with E-state index in [0.717, 1.165) is 22.6 Å². The maximum absolute atomic E-state index is 9.29. The molecule has 0 saturated carbocycles. The molecule has 0 amide bonds. The standard InChI is InChI=1S/C15H17NO2/c1-10-4-5-11(2)14(6-10)18-15-7-12(3)16-8-13(15)9-17/h4-8,17H,9H2,1-3H3. The average Bonchev–Trinajstić information content (AvgIpc) is 2.34. The molecule has 0 radical (unpaired) electrons. The van der Waals surface area contributed by atoms with Crippen molar-refractivity contribution < 1.29 is 9.84 Å². The summed E-state index contributed by atoms with van der Waals surface area (Å²) in [6, 6.07) is 7.91. The molecule has 3 nitrogen and oxygen atoms in total. The zero-order valence-electron chi connectivity index (χ0n) is 10.9. The van der Waals surface area contributed by atoms with Gasteiger partial charge in [-0.1, -0.05) is 12.1 Å². The Morgan fingerprint density at radius 2 is 1.89 bits per heavy atom. The van der Waals surface area contributed by atoms with Gasteiger partial charge in [0.05, 0.1) is 6.61 Å². The summed E-state index contributed by atoms with van der Waals surface area (Å²) >= 11 is 0. The lowest BCUT2D eigenvalue weighted by atomic mass is 10.1. The van der Waals surface area contributed by atoms with E-state index in [9.17, 15) is 5.11 Å². The van der Waals surface area contributed by atoms with Crippen LogP contribution in [0, 0.1) is 20.8 Å². The van der Waals surface area contributed by atoms with E-state index in [-0.39, 0.29) is 6.61 Å². The van der Waals surface area contributed by atoms with E-state index in [1.54, 1.807) is 6.20 Å². The molecule has 2 rings (SSSR count). The van der Waals surface area contributed by atoms with Crippen LogP contribution >= 0.6 is 0 Å². The van der Waals surface area contributed by atoms with E-state index in [0.29, 0.717) is 11.3 Å². The molecule has 0 aliphatic carbocycles. The zero-order chi connectivity index (χ0) is 13.1. The molecular weight excluding hydrogens is 226 g/mol. The van der Waals surface area contributed by atoms with Crippen molar-refractivity contribution in [3.05, 3.63) is 52.8 Å². The molecule has 1 heterocycles. The summed E-state index contributed by atoms with van der Waals surface area (Å²) in [5.74, 6) is 1.48. The van der Waals surface area contributed by atoms with Gasteiger partial charge in [-0.05, 0) is 38.0 Å². The van der Waals surface area contributed by atoms with Crippen LogP contribution in [0.2, 0.25) is 0 Å². The van der Waals surface area contributed by atoms with Gasteiger partial charge in [0.25, 0.3) is 0 Å². The normalized spacial score (nSPS) is 10.4. The summed E-state index contributed by atoms with van der Waals surface area (Å²) in [6.45, 7) is 5.85. The quantitative estimate of drug-likeness (QED) is 0.899. The van der Waals surface area contributed by atoms with Gasteiger partial charge in [-0.15, -0.1) is 0 Å². The van der Waals surface area contributed by atoms with Crippen LogP contribution in [-0.4, -0.2) is 10.1 Å². The molecule has 0 fully saturated rings. The van der Waals surface area contributed by atoms with E-state index in [2.05, 4.69) is 4.98 Å². The molecule has 0 aliphatic rings. The molecule has 94 valence electrons. The maximum Gasteiger partial charge on any atom is 0.136 e. The van der Waals surface area contributed by atoms with Gasteiger partial charge >= 0.3 is 0 Å². The Balaban J connectivity index is 2.38. The van der Waals surface area contributed by atoms with Gasteiger partial charge in [0, 0.05) is 23.5 Å². The van der Waals surface area contributed by atoms with Gasteiger partial charge in [-0.3, -0.25) is 4.98 Å². The lowest BCUT2D eigenvalue weighted by molar-refractivity contribution is 0.276. The SMILES string of the molecule is Cc1ccc(C)c(Oc2cc(C)ncc2CO)c1. The molecule has 2 aromatic rings. The van der Waals surface area contributed by atoms with E-state index in [4.69, 9.17) is 4.74 Å². The molecule has 0 unspecified atom stereocenters. The second kappa shape index (κ2) is 5.19. The number of aliphatic hydroxyl groups excluding tert-OH is 1. The number of rotatable bonds is 3. The minimum absolute atomic E-state index is 0.0759. The van der Waals surface area contributed by atoms with Gasteiger partial charge in [0.15, 0.2) is 0 Å². The number of aryl methyl sites for hydroxylation is 3. The monoisotopic (exact) mass is 243 g/mol. The first kappa shape index (κ1) is 12.6. The average molecular weight is 243 g/mol. The smallest absolute Gasteiger partial charge is 0.136 e. The molecule has 1 aromatic carbocycles. The van der Waals surface area contributed by atoms with Crippen molar-refractivity contribution in [1.29, 1.82) is 0 Å². The molecule has 1 aromatic heterocycles. The number of hydrogen-bond donors (Lipinski definition) is 1. The molecule has 3 heteroatoms. The largest absolute Gasteiger partial charge is 0.457 e. The first-order valence-corrected chi connectivity index (χ1v) is 5.91. The van der Waals surface area contributed by atoms with Crippen molar-refractivity contribution >= 4 is 0 Å². The first-order valence-electron chi connectivity index (χ1n) is 5.91. The topological polar surface area (TPSA) is 42.4 Å². The van der Waals surface area contributed by atoms with Gasteiger partial charge in [0.1, 0.15) is 11.5 Å². The third-order valence-corrected chi connectivity index (χ3v) is 2.81. The van der Waals surface area contributed by atoms with Crippen LogP contribution in [0.3, 0.4) is 0 Å². The Morgan fingerprint density at radius 3 is 2.61 bits per heavy atom. The Bertz CT molecular complexity index is 564. The molecule has 1 N–H and O–H groups in total. The number of pyridine rings is 1. The molecular formula is C15H17NO2. The number of ether oxygens (including phenoxy) is 1. The van der Waals surface area contributed by atoms with Gasteiger partial charge in [0.2, 0.25) is 0 Å². The highest BCUT2D eigenvalue weighted by atomic mass is 16.5. The molecule has 0 saturated heterocycles. The molecule has 0 atom stereocenters. The van der Waals surface area contributed by atoms with E-state index < -0.39 is 0 Å². The number of aromatic nitrogens is 1. The van der Waals surface area contributed by atoms with E-state index in [1.807, 2.05) is 45.0 Å². The fraction of sp³-hybridized carbons (Fsp3) is 0.267. The third-order valence-electron chi connectivity index (χ3n) is 2.81. The third kappa shape index (κ3) is 2.68. The van der Waals surface area contributed by atoms with Crippen LogP contribution in [0.25, 0.3) is 0 Å². The molecule has 0 aliphatic heterocycles. The predicted molar refractivity (Wildman–Crippen MR) is 70.9 cm³/mol. The Labute approximate surface area is 107 Å². The van der Waals surface area contributed by atoms with Crippen molar-refractivity contribution in [3.8, 4) is 11.5 Å². The fourth-order valence-corrected chi connectivity index (χ4v) is 1.71. The van der Waals surface area contributed by atoms with E-state index >= 15 is 0 Å². The van der Waals surface area contributed by atoms with Crippen LogP contribution in [0.15, 0.2) is 30.5 Å². The van der Waals surface area contributed by atoms with Gasteiger partial charge < -0.3 is 9.84 Å². The lowest BCUT2D eigenvalue weighted by Gasteiger charge is -2.12. The Morgan fingerprint density at radius 1 is 1.11 bits per heavy atom. The van der Waals surface area contributed by atoms with Gasteiger partial charge in [-0.25, -0.2) is 0 Å². The van der Waals surface area contributed by atoms with Crippen molar-refractivity contribution in [2.24, 2.45) is 0 Å². The van der Waals surface area contributed by atoms with Crippen LogP contribution in [0.4, 0.5) is 0 Å². The second-order valence-corrected chi connectivity index (χ2v) is 4.46. The Hall–Kier alpha value is -1.87. The lowest BCUT2D eigenvalue weighted by Crippen LogP contribution is -1.96. The second-order valence-electron chi connectivity index (χ2n) is 4.46. The predicted octanol–water partition coefficient (Wildman–Crippen LogP) is 3.29. The summed E-state index contributed by atoms with van der Waals surface area (Å²) in [5, 5.41) is 9.29. The number of benzene rings is 1. The van der Waals surface area contributed by atoms with Crippen molar-refractivity contribution in [1.82, 2.24) is 4.98 Å². The highest BCUT2D eigenvalue weighted by Gasteiger charge is 2.07. The summed E-state index contributed by atoms with van der Waals surface area (Å²) in [6.07, 6.45) is 1.65. The summed E-state index contributed by atoms with van der Waals surface area (Å²) < 4.78 is 5.89. The summed E-state index contributed by atoms with van der Waals surface area (Å²) in [4.78, 5) is 4.15. The van der Waals surface area contributed by atoms with Crippen LogP contribution in [-0.2, 0) is 6.61 Å². The van der Waals surface area contributed by atoms with E-state index in [1.165, 1.54) is 0 Å². The number of aliphatic hydroxyl groups is 1. The fourth-order valence-electron chi connectivity index (χ4n) is 1.71. The van der Waals surface area contributed by atoms with Crippen LogP contribution in [0.1, 0.15) is 22.4 Å². The number of nitrogens with zero attached hydrogens (tertiary/aromatic N) is 1.